The van der Waals surface area contributed by atoms with Crippen molar-refractivity contribution in [3.05, 3.63) is 34.9 Å². The van der Waals surface area contributed by atoms with E-state index in [1.54, 1.807) is 24.3 Å². The summed E-state index contributed by atoms with van der Waals surface area (Å²) in [6.45, 7) is 0. The SMILES string of the molecule is NOC(=O)Cc1ccccc1Cl. The topological polar surface area (TPSA) is 52.3 Å². The molecule has 0 aliphatic carbocycles. The van der Waals surface area contributed by atoms with E-state index in [1.165, 1.54) is 0 Å². The Balaban J connectivity index is 2.75. The lowest BCUT2D eigenvalue weighted by Crippen LogP contribution is -2.12. The molecule has 0 atom stereocenters. The molecule has 1 rings (SSSR count). The van der Waals surface area contributed by atoms with Gasteiger partial charge in [0.05, 0.1) is 6.42 Å². The first-order valence-electron chi connectivity index (χ1n) is 3.37. The highest BCUT2D eigenvalue weighted by Gasteiger charge is 2.05. The number of nitrogens with two attached hydrogens (primary N) is 1. The summed E-state index contributed by atoms with van der Waals surface area (Å²) in [6, 6.07) is 7.05. The summed E-state index contributed by atoms with van der Waals surface area (Å²) in [4.78, 5) is 14.7. The molecule has 2 N–H and O–H groups in total. The van der Waals surface area contributed by atoms with Crippen molar-refractivity contribution in [3.8, 4) is 0 Å². The second-order valence-corrected chi connectivity index (χ2v) is 2.67. The molecule has 1 aromatic rings. The molecule has 0 saturated carbocycles. The zero-order valence-electron chi connectivity index (χ0n) is 6.29. The summed E-state index contributed by atoms with van der Waals surface area (Å²) in [5.41, 5.74) is 0.717. The van der Waals surface area contributed by atoms with E-state index in [4.69, 9.17) is 11.6 Å². The highest BCUT2D eigenvalue weighted by Crippen LogP contribution is 2.15. The largest absolute Gasteiger partial charge is 0.373 e. The molecule has 64 valence electrons. The second-order valence-electron chi connectivity index (χ2n) is 2.26. The maximum Gasteiger partial charge on any atom is 0.328 e. The molecular formula is C8H8ClNO2. The van der Waals surface area contributed by atoms with Crippen LogP contribution in [0.25, 0.3) is 0 Å². The van der Waals surface area contributed by atoms with E-state index in [0.717, 1.165) is 5.56 Å². The molecule has 0 aliphatic rings. The van der Waals surface area contributed by atoms with Crippen molar-refractivity contribution in [2.45, 2.75) is 6.42 Å². The molecule has 1 aromatic carbocycles. The number of benzene rings is 1. The highest BCUT2D eigenvalue weighted by atomic mass is 35.5. The predicted molar refractivity (Wildman–Crippen MR) is 45.4 cm³/mol. The van der Waals surface area contributed by atoms with Gasteiger partial charge in [0.25, 0.3) is 0 Å². The molecule has 0 spiro atoms. The lowest BCUT2D eigenvalue weighted by Gasteiger charge is -2.00. The maximum absolute atomic E-state index is 10.7. The zero-order valence-corrected chi connectivity index (χ0v) is 7.04. The van der Waals surface area contributed by atoms with Crippen LogP contribution in [0.5, 0.6) is 0 Å². The van der Waals surface area contributed by atoms with Crippen molar-refractivity contribution in [2.24, 2.45) is 5.90 Å². The van der Waals surface area contributed by atoms with Gasteiger partial charge < -0.3 is 4.84 Å². The summed E-state index contributed by atoms with van der Waals surface area (Å²) in [5, 5.41) is 0.544. The molecule has 0 aliphatic heterocycles. The third-order valence-electron chi connectivity index (χ3n) is 1.42. The lowest BCUT2D eigenvalue weighted by atomic mass is 10.1. The third-order valence-corrected chi connectivity index (χ3v) is 1.79. The van der Waals surface area contributed by atoms with E-state index in [2.05, 4.69) is 10.7 Å². The van der Waals surface area contributed by atoms with Gasteiger partial charge in [-0.05, 0) is 11.6 Å². The van der Waals surface area contributed by atoms with Crippen LogP contribution in [0.4, 0.5) is 0 Å². The average molecular weight is 186 g/mol. The summed E-state index contributed by atoms with van der Waals surface area (Å²) >= 11 is 5.78. The first kappa shape index (κ1) is 9.03. The Hall–Kier alpha value is -1.06. The number of halogens is 1. The molecule has 0 bridgehead atoms. The van der Waals surface area contributed by atoms with Gasteiger partial charge in [-0.3, -0.25) is 4.79 Å². The number of hydrogen-bond acceptors (Lipinski definition) is 3. The summed E-state index contributed by atoms with van der Waals surface area (Å²) < 4.78 is 0. The highest BCUT2D eigenvalue weighted by molar-refractivity contribution is 6.31. The van der Waals surface area contributed by atoms with Gasteiger partial charge in [0.2, 0.25) is 0 Å². The van der Waals surface area contributed by atoms with Gasteiger partial charge in [0.1, 0.15) is 0 Å². The number of carbonyl (C=O) groups excluding carboxylic acids is 1. The van der Waals surface area contributed by atoms with Crippen LogP contribution < -0.4 is 5.90 Å². The smallest absolute Gasteiger partial charge is 0.328 e. The minimum atomic E-state index is -0.497. The van der Waals surface area contributed by atoms with E-state index in [0.29, 0.717) is 5.02 Å². The molecular weight excluding hydrogens is 178 g/mol. The molecule has 0 saturated heterocycles. The molecule has 0 radical (unpaired) electrons. The van der Waals surface area contributed by atoms with Crippen LogP contribution in [0.1, 0.15) is 5.56 Å². The third kappa shape index (κ3) is 2.22. The summed E-state index contributed by atoms with van der Waals surface area (Å²) in [5.74, 6) is 4.18. The summed E-state index contributed by atoms with van der Waals surface area (Å²) in [7, 11) is 0. The van der Waals surface area contributed by atoms with Crippen LogP contribution in [0, 0.1) is 0 Å². The number of carbonyl (C=O) groups is 1. The number of rotatable bonds is 2. The Bertz CT molecular complexity index is 288. The van der Waals surface area contributed by atoms with Crippen LogP contribution in [-0.2, 0) is 16.1 Å². The average Bonchev–Trinajstić information content (AvgIpc) is 2.09. The van der Waals surface area contributed by atoms with Crippen LogP contribution in [0.2, 0.25) is 5.02 Å². The van der Waals surface area contributed by atoms with Gasteiger partial charge in [-0.15, -0.1) is 0 Å². The van der Waals surface area contributed by atoms with Crippen molar-refractivity contribution in [2.75, 3.05) is 0 Å². The van der Waals surface area contributed by atoms with Crippen LogP contribution in [0.3, 0.4) is 0 Å². The van der Waals surface area contributed by atoms with Crippen LogP contribution in [0.15, 0.2) is 24.3 Å². The van der Waals surface area contributed by atoms with Crippen molar-refractivity contribution in [1.29, 1.82) is 0 Å². The standard InChI is InChI=1S/C8H8ClNO2/c9-7-4-2-1-3-6(7)5-8(11)12-10/h1-4H,5,10H2. The Morgan fingerprint density at radius 3 is 2.75 bits per heavy atom. The monoisotopic (exact) mass is 185 g/mol. The molecule has 0 heterocycles. The Morgan fingerprint density at radius 1 is 1.50 bits per heavy atom. The van der Waals surface area contributed by atoms with Gasteiger partial charge in [-0.2, -0.15) is 5.90 Å². The fourth-order valence-corrected chi connectivity index (χ4v) is 1.04. The molecule has 0 aromatic heterocycles. The molecule has 0 amide bonds. The van der Waals surface area contributed by atoms with E-state index in [9.17, 15) is 4.79 Å². The Morgan fingerprint density at radius 2 is 2.17 bits per heavy atom. The minimum Gasteiger partial charge on any atom is -0.373 e. The van der Waals surface area contributed by atoms with Gasteiger partial charge in [0.15, 0.2) is 0 Å². The van der Waals surface area contributed by atoms with Crippen molar-refractivity contribution in [1.82, 2.24) is 0 Å². The van der Waals surface area contributed by atoms with E-state index in [-0.39, 0.29) is 6.42 Å². The van der Waals surface area contributed by atoms with E-state index in [1.807, 2.05) is 0 Å². The van der Waals surface area contributed by atoms with Gasteiger partial charge in [-0.25, -0.2) is 0 Å². The first-order valence-corrected chi connectivity index (χ1v) is 3.75. The Labute approximate surface area is 75.0 Å². The Kier molecular flexibility index (Phi) is 3.08. The van der Waals surface area contributed by atoms with Crippen LogP contribution in [-0.4, -0.2) is 5.97 Å². The van der Waals surface area contributed by atoms with E-state index < -0.39 is 5.97 Å². The maximum atomic E-state index is 10.7. The summed E-state index contributed by atoms with van der Waals surface area (Å²) in [6.07, 6.45) is 0.107. The molecule has 3 nitrogen and oxygen atoms in total. The predicted octanol–water partition coefficient (Wildman–Crippen LogP) is 1.30. The van der Waals surface area contributed by atoms with Crippen LogP contribution >= 0.6 is 11.6 Å². The minimum absolute atomic E-state index is 0.107. The zero-order chi connectivity index (χ0) is 8.97. The first-order chi connectivity index (χ1) is 5.74. The fraction of sp³-hybridized carbons (Fsp3) is 0.125. The van der Waals surface area contributed by atoms with E-state index >= 15 is 0 Å². The number of hydrogen-bond donors (Lipinski definition) is 1. The lowest BCUT2D eigenvalue weighted by molar-refractivity contribution is -0.143. The van der Waals surface area contributed by atoms with Crippen molar-refractivity contribution >= 4 is 17.6 Å². The van der Waals surface area contributed by atoms with Gasteiger partial charge in [-0.1, -0.05) is 29.8 Å². The molecule has 0 fully saturated rings. The molecule has 12 heavy (non-hydrogen) atoms. The van der Waals surface area contributed by atoms with Gasteiger partial charge in [0, 0.05) is 5.02 Å². The van der Waals surface area contributed by atoms with Crippen molar-refractivity contribution < 1.29 is 9.63 Å². The normalized spacial score (nSPS) is 9.50. The molecule has 0 unspecified atom stereocenters. The quantitative estimate of drug-likeness (QED) is 0.707. The second kappa shape index (κ2) is 4.09. The fourth-order valence-electron chi connectivity index (χ4n) is 0.839. The van der Waals surface area contributed by atoms with Crippen molar-refractivity contribution in [3.63, 3.8) is 0 Å². The molecule has 4 heteroatoms. The van der Waals surface area contributed by atoms with Gasteiger partial charge >= 0.3 is 5.97 Å².